The molecule has 1 aliphatic rings. The maximum Gasteiger partial charge on any atom is 0.265 e. The molecule has 38 heavy (non-hydrogen) atoms. The van der Waals surface area contributed by atoms with Crippen molar-refractivity contribution in [1.82, 2.24) is 10.1 Å². The molecule has 1 unspecified atom stereocenters. The zero-order chi connectivity index (χ0) is 26.1. The molecule has 4 aromatic carbocycles. The number of ether oxygens (including phenoxy) is 2. The Morgan fingerprint density at radius 3 is 2.50 bits per heavy atom. The van der Waals surface area contributed by atoms with Crippen LogP contribution in [0.1, 0.15) is 5.56 Å². The lowest BCUT2D eigenvalue weighted by Gasteiger charge is -2.11. The number of hydrogen-bond donors (Lipinski definition) is 1. The molecule has 0 aliphatic carbocycles. The SMILES string of the molecule is O=C(Nc1cccc(-c2nc(-c3ccc(Oc4ccc(F)c(F)c4)cc3)no2)c1)C1Cc2ccccc2O1. The largest absolute Gasteiger partial charge is 0.480 e. The number of benzene rings is 4. The number of fused-ring (bicyclic) bond motifs is 1. The minimum Gasteiger partial charge on any atom is -0.480 e. The number of anilines is 1. The topological polar surface area (TPSA) is 86.5 Å². The fourth-order valence-corrected chi connectivity index (χ4v) is 4.09. The van der Waals surface area contributed by atoms with Crippen molar-refractivity contribution < 1.29 is 27.6 Å². The van der Waals surface area contributed by atoms with Gasteiger partial charge in [-0.1, -0.05) is 29.4 Å². The molecule has 1 aromatic heterocycles. The highest BCUT2D eigenvalue weighted by molar-refractivity contribution is 5.95. The van der Waals surface area contributed by atoms with Crippen LogP contribution in [0.25, 0.3) is 22.8 Å². The van der Waals surface area contributed by atoms with Gasteiger partial charge in [-0.15, -0.1) is 0 Å². The van der Waals surface area contributed by atoms with Crippen LogP contribution in [-0.2, 0) is 11.2 Å². The summed E-state index contributed by atoms with van der Waals surface area (Å²) in [7, 11) is 0. The van der Waals surface area contributed by atoms with Crippen LogP contribution in [0.3, 0.4) is 0 Å². The number of carbonyl (C=O) groups excluding carboxylic acids is 1. The van der Waals surface area contributed by atoms with E-state index in [0.29, 0.717) is 34.8 Å². The van der Waals surface area contributed by atoms with E-state index in [1.54, 1.807) is 48.5 Å². The van der Waals surface area contributed by atoms with Gasteiger partial charge in [-0.2, -0.15) is 4.98 Å². The number of carbonyl (C=O) groups is 1. The highest BCUT2D eigenvalue weighted by Gasteiger charge is 2.28. The summed E-state index contributed by atoms with van der Waals surface area (Å²) in [5.41, 5.74) is 2.88. The summed E-state index contributed by atoms with van der Waals surface area (Å²) in [5, 5.41) is 6.94. The van der Waals surface area contributed by atoms with Gasteiger partial charge in [-0.3, -0.25) is 4.79 Å². The summed E-state index contributed by atoms with van der Waals surface area (Å²) in [6.07, 6.45) is -0.0839. The lowest BCUT2D eigenvalue weighted by atomic mass is 10.1. The third kappa shape index (κ3) is 4.81. The summed E-state index contributed by atoms with van der Waals surface area (Å²) < 4.78 is 43.3. The van der Waals surface area contributed by atoms with Crippen LogP contribution in [0.2, 0.25) is 0 Å². The Kier molecular flexibility index (Phi) is 6.01. The van der Waals surface area contributed by atoms with E-state index >= 15 is 0 Å². The van der Waals surface area contributed by atoms with Crippen LogP contribution in [0.15, 0.2) is 95.5 Å². The van der Waals surface area contributed by atoms with Crippen LogP contribution in [0.4, 0.5) is 14.5 Å². The summed E-state index contributed by atoms with van der Waals surface area (Å²) in [6, 6.07) is 24.8. The average molecular weight is 511 g/mol. The predicted octanol–water partition coefficient (Wildman–Crippen LogP) is 6.42. The van der Waals surface area contributed by atoms with E-state index in [1.807, 2.05) is 24.3 Å². The number of para-hydroxylation sites is 1. The fraction of sp³-hybridized carbons (Fsp3) is 0.0690. The summed E-state index contributed by atoms with van der Waals surface area (Å²) in [4.78, 5) is 17.2. The quantitative estimate of drug-likeness (QED) is 0.283. The van der Waals surface area contributed by atoms with E-state index in [4.69, 9.17) is 14.0 Å². The molecular formula is C29H19F2N3O4. The molecule has 1 aliphatic heterocycles. The van der Waals surface area contributed by atoms with Gasteiger partial charge in [-0.05, 0) is 66.2 Å². The number of amides is 1. The first-order chi connectivity index (χ1) is 18.5. The van der Waals surface area contributed by atoms with Crippen molar-refractivity contribution in [2.45, 2.75) is 12.5 Å². The Hall–Kier alpha value is -5.05. The van der Waals surface area contributed by atoms with Crippen molar-refractivity contribution in [2.24, 2.45) is 0 Å². The zero-order valence-corrected chi connectivity index (χ0v) is 19.7. The number of nitrogens with one attached hydrogen (secondary N) is 1. The predicted molar refractivity (Wildman–Crippen MR) is 135 cm³/mol. The molecule has 9 heteroatoms. The molecule has 0 spiro atoms. The Bertz CT molecular complexity index is 1610. The molecule has 0 fully saturated rings. The van der Waals surface area contributed by atoms with Crippen molar-refractivity contribution in [2.75, 3.05) is 5.32 Å². The number of aromatic nitrogens is 2. The number of halogens is 2. The zero-order valence-electron chi connectivity index (χ0n) is 19.7. The van der Waals surface area contributed by atoms with Crippen LogP contribution in [0.5, 0.6) is 17.2 Å². The Morgan fingerprint density at radius 1 is 0.868 bits per heavy atom. The van der Waals surface area contributed by atoms with Crippen molar-refractivity contribution >= 4 is 11.6 Å². The molecular weight excluding hydrogens is 492 g/mol. The fourth-order valence-electron chi connectivity index (χ4n) is 4.09. The van der Waals surface area contributed by atoms with E-state index in [9.17, 15) is 13.6 Å². The normalized spacial score (nSPS) is 14.0. The number of rotatable bonds is 6. The van der Waals surface area contributed by atoms with Gasteiger partial charge in [0.05, 0.1) is 0 Å². The monoisotopic (exact) mass is 511 g/mol. The maximum atomic E-state index is 13.4. The van der Waals surface area contributed by atoms with Gasteiger partial charge in [0.1, 0.15) is 17.2 Å². The van der Waals surface area contributed by atoms with Gasteiger partial charge in [0.25, 0.3) is 11.8 Å². The van der Waals surface area contributed by atoms with Crippen molar-refractivity contribution in [3.05, 3.63) is 108 Å². The van der Waals surface area contributed by atoms with Crippen molar-refractivity contribution in [3.63, 3.8) is 0 Å². The second-order valence-corrected chi connectivity index (χ2v) is 8.61. The Labute approximate surface area is 215 Å². The van der Waals surface area contributed by atoms with Crippen LogP contribution >= 0.6 is 0 Å². The van der Waals surface area contributed by atoms with E-state index in [-0.39, 0.29) is 17.5 Å². The van der Waals surface area contributed by atoms with Crippen LogP contribution < -0.4 is 14.8 Å². The average Bonchev–Trinajstić information content (AvgIpc) is 3.60. The van der Waals surface area contributed by atoms with Gasteiger partial charge in [0, 0.05) is 29.3 Å². The van der Waals surface area contributed by atoms with Crippen LogP contribution in [-0.4, -0.2) is 22.2 Å². The van der Waals surface area contributed by atoms with E-state index in [0.717, 1.165) is 23.4 Å². The lowest BCUT2D eigenvalue weighted by Crippen LogP contribution is -2.31. The maximum absolute atomic E-state index is 13.4. The molecule has 1 atom stereocenters. The van der Waals surface area contributed by atoms with E-state index in [1.165, 1.54) is 6.07 Å². The molecule has 0 saturated heterocycles. The first kappa shape index (κ1) is 23.4. The number of nitrogens with zero attached hydrogens (tertiary/aromatic N) is 2. The van der Waals surface area contributed by atoms with E-state index in [2.05, 4.69) is 15.5 Å². The molecule has 0 radical (unpaired) electrons. The number of hydrogen-bond acceptors (Lipinski definition) is 6. The van der Waals surface area contributed by atoms with Crippen molar-refractivity contribution in [1.29, 1.82) is 0 Å². The molecule has 1 amide bonds. The molecule has 7 nitrogen and oxygen atoms in total. The summed E-state index contributed by atoms with van der Waals surface area (Å²) >= 11 is 0. The molecule has 0 bridgehead atoms. The van der Waals surface area contributed by atoms with Gasteiger partial charge in [0.2, 0.25) is 5.82 Å². The molecule has 188 valence electrons. The molecule has 6 rings (SSSR count). The highest BCUT2D eigenvalue weighted by atomic mass is 19.2. The minimum absolute atomic E-state index is 0.175. The van der Waals surface area contributed by atoms with E-state index < -0.39 is 17.7 Å². The molecule has 2 heterocycles. The highest BCUT2D eigenvalue weighted by Crippen LogP contribution is 2.30. The third-order valence-electron chi connectivity index (χ3n) is 5.98. The smallest absolute Gasteiger partial charge is 0.265 e. The summed E-state index contributed by atoms with van der Waals surface area (Å²) in [6.45, 7) is 0. The Morgan fingerprint density at radius 2 is 1.68 bits per heavy atom. The summed E-state index contributed by atoms with van der Waals surface area (Å²) in [5.74, 6) is -0.203. The standard InChI is InChI=1S/C29H19F2N3O4/c30-23-13-12-22(16-24(23)31)36-21-10-8-17(9-11-21)27-33-29(38-34-27)19-5-3-6-20(14-19)32-28(35)26-15-18-4-1-2-7-25(18)37-26/h1-14,16,26H,15H2,(H,32,35). The van der Waals surface area contributed by atoms with Gasteiger partial charge in [0.15, 0.2) is 17.7 Å². The second-order valence-electron chi connectivity index (χ2n) is 8.61. The Balaban J connectivity index is 1.13. The molecule has 1 N–H and O–H groups in total. The minimum atomic E-state index is -0.987. The first-order valence-corrected chi connectivity index (χ1v) is 11.7. The third-order valence-corrected chi connectivity index (χ3v) is 5.98. The second kappa shape index (κ2) is 9.78. The van der Waals surface area contributed by atoms with Crippen molar-refractivity contribution in [3.8, 4) is 40.1 Å². The molecule has 0 saturated carbocycles. The van der Waals surface area contributed by atoms with Gasteiger partial charge >= 0.3 is 0 Å². The van der Waals surface area contributed by atoms with Gasteiger partial charge in [-0.25, -0.2) is 8.78 Å². The van der Waals surface area contributed by atoms with Crippen LogP contribution in [0, 0.1) is 11.6 Å². The first-order valence-electron chi connectivity index (χ1n) is 11.7. The van der Waals surface area contributed by atoms with Gasteiger partial charge < -0.3 is 19.3 Å². The lowest BCUT2D eigenvalue weighted by molar-refractivity contribution is -0.122. The molecule has 5 aromatic rings.